The third-order valence-electron chi connectivity index (χ3n) is 1.15. The maximum Gasteiger partial charge on any atom is 0.0560 e. The molecular weight excluding hydrogens is 170 g/mol. The number of rotatable bonds is 6. The van der Waals surface area contributed by atoms with E-state index in [2.05, 4.69) is 13.8 Å². The minimum absolute atomic E-state index is 0.0531. The maximum atomic E-state index is 5.82. The molecule has 0 saturated carbocycles. The first-order valence-electron chi connectivity index (χ1n) is 4.40. The lowest BCUT2D eigenvalue weighted by atomic mass is 10.1. The zero-order valence-corrected chi connectivity index (χ0v) is 9.41. The third-order valence-corrected chi connectivity index (χ3v) is 2.56. The van der Waals surface area contributed by atoms with E-state index in [9.17, 15) is 0 Å². The van der Waals surface area contributed by atoms with Gasteiger partial charge < -0.3 is 10.5 Å². The van der Waals surface area contributed by atoms with Crippen molar-refractivity contribution in [1.29, 1.82) is 0 Å². The Bertz CT molecular complexity index is 110. The molecule has 3 heteroatoms. The first kappa shape index (κ1) is 12.3. The number of ether oxygens (including phenoxy) is 1. The van der Waals surface area contributed by atoms with Gasteiger partial charge in [0.1, 0.15) is 0 Å². The van der Waals surface area contributed by atoms with Gasteiger partial charge in [0.15, 0.2) is 0 Å². The molecule has 74 valence electrons. The standard InChI is InChI=1S/C9H21NOS/c1-8(2)11-5-6-12-7-9(3,4)10/h8H,5-7,10H2,1-4H3. The van der Waals surface area contributed by atoms with Gasteiger partial charge in [0.05, 0.1) is 12.7 Å². The first-order chi connectivity index (χ1) is 5.42. The van der Waals surface area contributed by atoms with Crippen molar-refractivity contribution in [3.8, 4) is 0 Å². The van der Waals surface area contributed by atoms with E-state index >= 15 is 0 Å². The predicted octanol–water partition coefficient (Wildman–Crippen LogP) is 1.88. The minimum atomic E-state index is -0.0531. The SMILES string of the molecule is CC(C)OCCSCC(C)(C)N. The Morgan fingerprint density at radius 1 is 1.42 bits per heavy atom. The molecule has 12 heavy (non-hydrogen) atoms. The van der Waals surface area contributed by atoms with Crippen molar-refractivity contribution in [1.82, 2.24) is 0 Å². The Morgan fingerprint density at radius 2 is 2.00 bits per heavy atom. The molecule has 0 aliphatic heterocycles. The summed E-state index contributed by atoms with van der Waals surface area (Å²) in [5.74, 6) is 2.03. The Labute approximate surface area is 80.2 Å². The molecule has 0 aliphatic rings. The lowest BCUT2D eigenvalue weighted by Gasteiger charge is -2.17. The van der Waals surface area contributed by atoms with Crippen LogP contribution in [0.3, 0.4) is 0 Å². The van der Waals surface area contributed by atoms with E-state index in [-0.39, 0.29) is 5.54 Å². The topological polar surface area (TPSA) is 35.2 Å². The van der Waals surface area contributed by atoms with Gasteiger partial charge >= 0.3 is 0 Å². The van der Waals surface area contributed by atoms with Crippen molar-refractivity contribution in [2.24, 2.45) is 5.73 Å². The fraction of sp³-hybridized carbons (Fsp3) is 1.00. The second-order valence-corrected chi connectivity index (χ2v) is 5.07. The molecule has 0 heterocycles. The van der Waals surface area contributed by atoms with Gasteiger partial charge in [-0.15, -0.1) is 0 Å². The van der Waals surface area contributed by atoms with Gasteiger partial charge in [0.2, 0.25) is 0 Å². The number of hydrogen-bond acceptors (Lipinski definition) is 3. The van der Waals surface area contributed by atoms with Crippen LogP contribution in [0, 0.1) is 0 Å². The van der Waals surface area contributed by atoms with Gasteiger partial charge in [-0.2, -0.15) is 11.8 Å². The molecule has 0 bridgehead atoms. The van der Waals surface area contributed by atoms with Gasteiger partial charge in [0.25, 0.3) is 0 Å². The predicted molar refractivity (Wildman–Crippen MR) is 56.7 cm³/mol. The Hall–Kier alpha value is 0.270. The highest BCUT2D eigenvalue weighted by atomic mass is 32.2. The summed E-state index contributed by atoms with van der Waals surface area (Å²) in [6, 6.07) is 0. The molecule has 0 fully saturated rings. The highest BCUT2D eigenvalue weighted by Gasteiger charge is 2.09. The van der Waals surface area contributed by atoms with Gasteiger partial charge in [-0.25, -0.2) is 0 Å². The summed E-state index contributed by atoms with van der Waals surface area (Å²) in [6.07, 6.45) is 0.344. The van der Waals surface area contributed by atoms with Crippen molar-refractivity contribution in [3.63, 3.8) is 0 Å². The number of hydrogen-bond donors (Lipinski definition) is 1. The molecule has 2 N–H and O–H groups in total. The summed E-state index contributed by atoms with van der Waals surface area (Å²) in [5, 5.41) is 0. The smallest absolute Gasteiger partial charge is 0.0560 e. The van der Waals surface area contributed by atoms with E-state index in [4.69, 9.17) is 10.5 Å². The van der Waals surface area contributed by atoms with E-state index in [0.717, 1.165) is 18.1 Å². The van der Waals surface area contributed by atoms with E-state index in [1.807, 2.05) is 25.6 Å². The van der Waals surface area contributed by atoms with E-state index in [0.29, 0.717) is 6.10 Å². The molecule has 0 aliphatic carbocycles. The van der Waals surface area contributed by atoms with Crippen molar-refractivity contribution >= 4 is 11.8 Å². The van der Waals surface area contributed by atoms with Gasteiger partial charge in [0, 0.05) is 17.0 Å². The van der Waals surface area contributed by atoms with Crippen LogP contribution in [0.4, 0.5) is 0 Å². The van der Waals surface area contributed by atoms with Crippen molar-refractivity contribution in [3.05, 3.63) is 0 Å². The second kappa shape index (κ2) is 5.84. The lowest BCUT2D eigenvalue weighted by molar-refractivity contribution is 0.0920. The average Bonchev–Trinajstić information content (AvgIpc) is 1.83. The van der Waals surface area contributed by atoms with Gasteiger partial charge in [-0.1, -0.05) is 0 Å². The summed E-state index contributed by atoms with van der Waals surface area (Å²) in [4.78, 5) is 0. The molecule has 0 amide bonds. The Morgan fingerprint density at radius 3 is 2.42 bits per heavy atom. The average molecular weight is 191 g/mol. The quantitative estimate of drug-likeness (QED) is 0.651. The number of nitrogens with two attached hydrogens (primary N) is 1. The van der Waals surface area contributed by atoms with Gasteiger partial charge in [-0.05, 0) is 27.7 Å². The van der Waals surface area contributed by atoms with E-state index in [1.54, 1.807) is 0 Å². The van der Waals surface area contributed by atoms with Crippen LogP contribution in [0.15, 0.2) is 0 Å². The van der Waals surface area contributed by atoms with Crippen molar-refractivity contribution in [2.75, 3.05) is 18.1 Å². The lowest BCUT2D eigenvalue weighted by Crippen LogP contribution is -2.34. The molecule has 2 nitrogen and oxygen atoms in total. The molecule has 0 aromatic rings. The zero-order chi connectivity index (χ0) is 9.61. The summed E-state index contributed by atoms with van der Waals surface area (Å²) in [7, 11) is 0. The molecule has 0 rings (SSSR count). The molecule has 0 saturated heterocycles. The number of thioether (sulfide) groups is 1. The van der Waals surface area contributed by atoms with Crippen LogP contribution in [0.1, 0.15) is 27.7 Å². The summed E-state index contributed by atoms with van der Waals surface area (Å²) in [6.45, 7) is 9.03. The van der Waals surface area contributed by atoms with Gasteiger partial charge in [-0.3, -0.25) is 0 Å². The third kappa shape index (κ3) is 10.3. The molecule has 0 atom stereocenters. The van der Waals surface area contributed by atoms with Crippen LogP contribution < -0.4 is 5.73 Å². The van der Waals surface area contributed by atoms with Crippen molar-refractivity contribution in [2.45, 2.75) is 39.3 Å². The van der Waals surface area contributed by atoms with Crippen LogP contribution >= 0.6 is 11.8 Å². The fourth-order valence-electron chi connectivity index (χ4n) is 0.678. The summed E-state index contributed by atoms with van der Waals surface area (Å²) in [5.41, 5.74) is 5.76. The van der Waals surface area contributed by atoms with E-state index < -0.39 is 0 Å². The highest BCUT2D eigenvalue weighted by Crippen LogP contribution is 2.09. The second-order valence-electron chi connectivity index (χ2n) is 3.96. The summed E-state index contributed by atoms with van der Waals surface area (Å²) >= 11 is 1.85. The Balaban J connectivity index is 3.12. The normalized spacial score (nSPS) is 12.5. The maximum absolute atomic E-state index is 5.82. The highest BCUT2D eigenvalue weighted by molar-refractivity contribution is 7.99. The van der Waals surface area contributed by atoms with Crippen molar-refractivity contribution < 1.29 is 4.74 Å². The fourth-order valence-corrected chi connectivity index (χ4v) is 1.56. The molecule has 0 radical (unpaired) electrons. The molecule has 0 aromatic carbocycles. The van der Waals surface area contributed by atoms with Crippen LogP contribution in [0.2, 0.25) is 0 Å². The van der Waals surface area contributed by atoms with Crippen LogP contribution in [0.5, 0.6) is 0 Å². The van der Waals surface area contributed by atoms with E-state index in [1.165, 1.54) is 0 Å². The summed E-state index contributed by atoms with van der Waals surface area (Å²) < 4.78 is 5.39. The van der Waals surface area contributed by atoms with Crippen LogP contribution in [-0.2, 0) is 4.74 Å². The molecule has 0 unspecified atom stereocenters. The zero-order valence-electron chi connectivity index (χ0n) is 8.59. The Kier molecular flexibility index (Phi) is 5.97. The minimum Gasteiger partial charge on any atom is -0.378 e. The molecule has 0 aromatic heterocycles. The molecule has 0 spiro atoms. The first-order valence-corrected chi connectivity index (χ1v) is 5.55. The molecular formula is C9H21NOS. The monoisotopic (exact) mass is 191 g/mol. The van der Waals surface area contributed by atoms with Crippen LogP contribution in [0.25, 0.3) is 0 Å². The van der Waals surface area contributed by atoms with Crippen LogP contribution in [-0.4, -0.2) is 29.8 Å². The largest absolute Gasteiger partial charge is 0.378 e.